The summed E-state index contributed by atoms with van der Waals surface area (Å²) in [6.45, 7) is 7.62. The van der Waals surface area contributed by atoms with Crippen LogP contribution in [0.3, 0.4) is 0 Å². The summed E-state index contributed by atoms with van der Waals surface area (Å²) < 4.78 is 13.2. The summed E-state index contributed by atoms with van der Waals surface area (Å²) in [6.07, 6.45) is 1.21. The van der Waals surface area contributed by atoms with Gasteiger partial charge in [-0.1, -0.05) is 27.7 Å². The van der Waals surface area contributed by atoms with E-state index in [4.69, 9.17) is 5.26 Å². The predicted molar refractivity (Wildman–Crippen MR) is 52.1 cm³/mol. The van der Waals surface area contributed by atoms with Crippen molar-refractivity contribution in [2.45, 2.75) is 33.6 Å². The SMILES string of the molecule is CC.CC(C)c1ncnc(C#N)c1F. The Morgan fingerprint density at radius 1 is 1.36 bits per heavy atom. The number of nitrogens with zero attached hydrogens (tertiary/aromatic N) is 3. The second kappa shape index (κ2) is 6.03. The molecule has 0 N–H and O–H groups in total. The van der Waals surface area contributed by atoms with Gasteiger partial charge in [-0.15, -0.1) is 0 Å². The molecule has 0 saturated heterocycles. The van der Waals surface area contributed by atoms with Crippen molar-refractivity contribution in [2.24, 2.45) is 0 Å². The number of rotatable bonds is 1. The van der Waals surface area contributed by atoms with Crippen LogP contribution in [0, 0.1) is 17.1 Å². The molecule has 0 fully saturated rings. The maximum absolute atomic E-state index is 13.2. The fourth-order valence-electron chi connectivity index (χ4n) is 0.864. The summed E-state index contributed by atoms with van der Waals surface area (Å²) in [5.74, 6) is -0.630. The highest BCUT2D eigenvalue weighted by Crippen LogP contribution is 2.15. The third-order valence-corrected chi connectivity index (χ3v) is 1.47. The molecule has 4 heteroatoms. The highest BCUT2D eigenvalue weighted by atomic mass is 19.1. The minimum atomic E-state index is -0.602. The zero-order valence-corrected chi connectivity index (χ0v) is 8.87. The number of halogens is 1. The molecule has 0 aliphatic carbocycles. The molecule has 76 valence electrons. The Labute approximate surface area is 83.6 Å². The van der Waals surface area contributed by atoms with Crippen LogP contribution in [-0.2, 0) is 0 Å². The minimum Gasteiger partial charge on any atom is -0.238 e. The summed E-state index contributed by atoms with van der Waals surface area (Å²) in [5.41, 5.74) is 0.107. The first-order chi connectivity index (χ1) is 6.66. The lowest BCUT2D eigenvalue weighted by atomic mass is 10.1. The van der Waals surface area contributed by atoms with Crippen molar-refractivity contribution < 1.29 is 4.39 Å². The van der Waals surface area contributed by atoms with Gasteiger partial charge in [0.1, 0.15) is 12.4 Å². The Morgan fingerprint density at radius 2 is 1.93 bits per heavy atom. The first kappa shape index (κ1) is 12.5. The van der Waals surface area contributed by atoms with Gasteiger partial charge in [0.15, 0.2) is 11.5 Å². The third kappa shape index (κ3) is 2.77. The molecule has 0 aliphatic rings. The monoisotopic (exact) mass is 195 g/mol. The van der Waals surface area contributed by atoms with Crippen molar-refractivity contribution in [3.63, 3.8) is 0 Å². The van der Waals surface area contributed by atoms with Gasteiger partial charge >= 0.3 is 0 Å². The van der Waals surface area contributed by atoms with E-state index in [-0.39, 0.29) is 11.6 Å². The summed E-state index contributed by atoms with van der Waals surface area (Å²) >= 11 is 0. The molecule has 1 heterocycles. The van der Waals surface area contributed by atoms with Gasteiger partial charge in [-0.2, -0.15) is 5.26 Å². The van der Waals surface area contributed by atoms with Crippen LogP contribution in [0.1, 0.15) is 45.0 Å². The highest BCUT2D eigenvalue weighted by Gasteiger charge is 2.12. The van der Waals surface area contributed by atoms with Crippen LogP contribution >= 0.6 is 0 Å². The fraction of sp³-hybridized carbons (Fsp3) is 0.500. The van der Waals surface area contributed by atoms with Gasteiger partial charge in [-0.25, -0.2) is 14.4 Å². The molecule has 0 atom stereocenters. The van der Waals surface area contributed by atoms with Crippen molar-refractivity contribution in [3.8, 4) is 6.07 Å². The zero-order valence-electron chi connectivity index (χ0n) is 8.87. The molecule has 1 aromatic heterocycles. The Hall–Kier alpha value is -1.50. The van der Waals surface area contributed by atoms with E-state index in [1.54, 1.807) is 6.07 Å². The average molecular weight is 195 g/mol. The molecular formula is C10H14FN3. The lowest BCUT2D eigenvalue weighted by Crippen LogP contribution is -2.01. The Kier molecular flexibility index (Phi) is 5.38. The number of hydrogen-bond acceptors (Lipinski definition) is 3. The Bertz CT molecular complexity index is 329. The molecule has 1 rings (SSSR count). The van der Waals surface area contributed by atoms with Gasteiger partial charge in [-0.3, -0.25) is 0 Å². The Balaban J connectivity index is 0.000000791. The minimum absolute atomic E-state index is 0.0277. The van der Waals surface area contributed by atoms with Crippen LogP contribution in [0.25, 0.3) is 0 Å². The van der Waals surface area contributed by atoms with E-state index in [0.717, 1.165) is 0 Å². The molecule has 0 unspecified atom stereocenters. The lowest BCUT2D eigenvalue weighted by Gasteiger charge is -2.04. The highest BCUT2D eigenvalue weighted by molar-refractivity contribution is 5.25. The van der Waals surface area contributed by atoms with Crippen molar-refractivity contribution >= 4 is 0 Å². The quantitative estimate of drug-likeness (QED) is 0.692. The summed E-state index contributed by atoms with van der Waals surface area (Å²) in [5, 5.41) is 8.44. The van der Waals surface area contributed by atoms with Gasteiger partial charge in [0, 0.05) is 0 Å². The van der Waals surface area contributed by atoms with Crippen molar-refractivity contribution in [1.29, 1.82) is 5.26 Å². The fourth-order valence-corrected chi connectivity index (χ4v) is 0.864. The van der Waals surface area contributed by atoms with Gasteiger partial charge in [0.25, 0.3) is 0 Å². The van der Waals surface area contributed by atoms with E-state index >= 15 is 0 Å². The van der Waals surface area contributed by atoms with Crippen LogP contribution < -0.4 is 0 Å². The molecule has 1 aromatic rings. The summed E-state index contributed by atoms with van der Waals surface area (Å²) in [6, 6.07) is 1.66. The smallest absolute Gasteiger partial charge is 0.181 e. The molecule has 0 amide bonds. The molecule has 0 radical (unpaired) electrons. The van der Waals surface area contributed by atoms with E-state index in [1.165, 1.54) is 6.33 Å². The molecule has 0 aromatic carbocycles. The summed E-state index contributed by atoms with van der Waals surface area (Å²) in [4.78, 5) is 7.24. The molecule has 0 bridgehead atoms. The van der Waals surface area contributed by atoms with E-state index in [9.17, 15) is 4.39 Å². The van der Waals surface area contributed by atoms with Crippen LogP contribution in [0.15, 0.2) is 6.33 Å². The first-order valence-electron chi connectivity index (χ1n) is 4.57. The maximum atomic E-state index is 13.2. The molecule has 0 saturated carbocycles. The number of aromatic nitrogens is 2. The van der Waals surface area contributed by atoms with Gasteiger partial charge in [-0.05, 0) is 5.92 Å². The molecular weight excluding hydrogens is 181 g/mol. The number of hydrogen-bond donors (Lipinski definition) is 0. The average Bonchev–Trinajstić information content (AvgIpc) is 2.21. The molecule has 3 nitrogen and oxygen atoms in total. The normalized spacial score (nSPS) is 8.93. The Morgan fingerprint density at radius 3 is 2.36 bits per heavy atom. The second-order valence-electron chi connectivity index (χ2n) is 2.69. The standard InChI is InChI=1S/C8H8FN3.C2H6/c1-5(2)8-7(9)6(3-10)11-4-12-8;1-2/h4-5H,1-2H3;1-2H3. The van der Waals surface area contributed by atoms with Crippen molar-refractivity contribution in [2.75, 3.05) is 0 Å². The van der Waals surface area contributed by atoms with Gasteiger partial charge in [0.2, 0.25) is 0 Å². The predicted octanol–water partition coefficient (Wildman–Crippen LogP) is 2.64. The van der Waals surface area contributed by atoms with E-state index in [0.29, 0.717) is 5.69 Å². The van der Waals surface area contributed by atoms with Crippen LogP contribution in [0.2, 0.25) is 0 Å². The second-order valence-corrected chi connectivity index (χ2v) is 2.69. The molecule has 0 aliphatic heterocycles. The third-order valence-electron chi connectivity index (χ3n) is 1.47. The van der Waals surface area contributed by atoms with Crippen LogP contribution in [0.4, 0.5) is 4.39 Å². The van der Waals surface area contributed by atoms with E-state index < -0.39 is 5.82 Å². The van der Waals surface area contributed by atoms with Crippen molar-refractivity contribution in [3.05, 3.63) is 23.5 Å². The largest absolute Gasteiger partial charge is 0.238 e. The van der Waals surface area contributed by atoms with Crippen LogP contribution in [0.5, 0.6) is 0 Å². The van der Waals surface area contributed by atoms with Crippen LogP contribution in [-0.4, -0.2) is 9.97 Å². The zero-order chi connectivity index (χ0) is 11.1. The first-order valence-corrected chi connectivity index (χ1v) is 4.57. The van der Waals surface area contributed by atoms with Gasteiger partial charge in [0.05, 0.1) is 5.69 Å². The maximum Gasteiger partial charge on any atom is 0.181 e. The molecule has 0 spiro atoms. The van der Waals surface area contributed by atoms with Crippen molar-refractivity contribution in [1.82, 2.24) is 9.97 Å². The van der Waals surface area contributed by atoms with Gasteiger partial charge < -0.3 is 0 Å². The molecule has 14 heavy (non-hydrogen) atoms. The van der Waals surface area contributed by atoms with E-state index in [2.05, 4.69) is 9.97 Å². The summed E-state index contributed by atoms with van der Waals surface area (Å²) in [7, 11) is 0. The lowest BCUT2D eigenvalue weighted by molar-refractivity contribution is 0.572. The van der Waals surface area contributed by atoms with E-state index in [1.807, 2.05) is 27.7 Å². The topological polar surface area (TPSA) is 49.6 Å². The number of nitriles is 1.